The molecular formula is C20H22N2O4S. The fourth-order valence-electron chi connectivity index (χ4n) is 2.62. The van der Waals surface area contributed by atoms with Crippen molar-refractivity contribution in [1.29, 1.82) is 0 Å². The molecule has 1 heterocycles. The first-order valence-corrected chi connectivity index (χ1v) is 9.30. The molecular weight excluding hydrogens is 364 g/mol. The molecule has 27 heavy (non-hydrogen) atoms. The van der Waals surface area contributed by atoms with E-state index < -0.39 is 24.9 Å². The van der Waals surface area contributed by atoms with Crippen molar-refractivity contribution in [2.24, 2.45) is 5.73 Å². The second-order valence-corrected chi connectivity index (χ2v) is 7.61. The van der Waals surface area contributed by atoms with E-state index in [1.807, 2.05) is 48.5 Å². The molecule has 0 saturated carbocycles. The van der Waals surface area contributed by atoms with Gasteiger partial charge in [-0.3, -0.25) is 0 Å². The Kier molecular flexibility index (Phi) is 6.30. The number of aliphatic hydroxyl groups excluding tert-OH is 3. The molecule has 7 heteroatoms. The number of aliphatic hydroxyl groups is 3. The van der Waals surface area contributed by atoms with E-state index in [0.29, 0.717) is 5.56 Å². The molecule has 142 valence electrons. The maximum absolute atomic E-state index is 10.3. The molecule has 1 unspecified atom stereocenters. The zero-order chi connectivity index (χ0) is 19.3. The molecule has 2 aromatic carbocycles. The molecule has 5 N–H and O–H groups in total. The molecule has 1 atom stereocenters. The Bertz CT molecular complexity index is 831. The van der Waals surface area contributed by atoms with Crippen LogP contribution in [0.25, 0.3) is 11.3 Å². The number of oxazole rings is 1. The molecule has 3 aromatic rings. The Hall–Kier alpha value is -2.16. The molecule has 0 aliphatic rings. The summed E-state index contributed by atoms with van der Waals surface area (Å²) in [6.07, 6.45) is 2.24. The SMILES string of the molecule is NC(CO)(CO)CC(O)c1ccc(Sc2ccc(-c3cocn3)cc2)cc1. The van der Waals surface area contributed by atoms with E-state index in [0.717, 1.165) is 21.0 Å². The number of hydrogen-bond acceptors (Lipinski definition) is 7. The minimum Gasteiger partial charge on any atom is -0.451 e. The van der Waals surface area contributed by atoms with Crippen molar-refractivity contribution in [3.63, 3.8) is 0 Å². The van der Waals surface area contributed by atoms with Crippen LogP contribution >= 0.6 is 11.8 Å². The van der Waals surface area contributed by atoms with Crippen molar-refractivity contribution in [3.05, 3.63) is 66.8 Å². The van der Waals surface area contributed by atoms with Crippen LogP contribution in [0.2, 0.25) is 0 Å². The summed E-state index contributed by atoms with van der Waals surface area (Å²) in [7, 11) is 0. The van der Waals surface area contributed by atoms with Crippen molar-refractivity contribution in [2.45, 2.75) is 27.9 Å². The lowest BCUT2D eigenvalue weighted by atomic mass is 9.92. The highest BCUT2D eigenvalue weighted by molar-refractivity contribution is 7.99. The zero-order valence-electron chi connectivity index (χ0n) is 14.7. The van der Waals surface area contributed by atoms with Crippen molar-refractivity contribution in [1.82, 2.24) is 4.98 Å². The number of aromatic nitrogens is 1. The zero-order valence-corrected chi connectivity index (χ0v) is 15.5. The predicted molar refractivity (Wildman–Crippen MR) is 103 cm³/mol. The van der Waals surface area contributed by atoms with Gasteiger partial charge in [0.15, 0.2) is 6.39 Å². The highest BCUT2D eigenvalue weighted by Crippen LogP contribution is 2.31. The first kappa shape index (κ1) is 19.6. The number of nitrogens with two attached hydrogens (primary N) is 1. The lowest BCUT2D eigenvalue weighted by Crippen LogP contribution is -2.48. The van der Waals surface area contributed by atoms with E-state index in [-0.39, 0.29) is 6.42 Å². The topological polar surface area (TPSA) is 113 Å². The molecule has 0 saturated heterocycles. The lowest BCUT2D eigenvalue weighted by Gasteiger charge is -2.27. The third kappa shape index (κ3) is 4.97. The quantitative estimate of drug-likeness (QED) is 0.471. The summed E-state index contributed by atoms with van der Waals surface area (Å²) >= 11 is 1.61. The van der Waals surface area contributed by atoms with Crippen molar-refractivity contribution in [3.8, 4) is 11.3 Å². The van der Waals surface area contributed by atoms with Crippen LogP contribution < -0.4 is 5.73 Å². The maximum Gasteiger partial charge on any atom is 0.181 e. The molecule has 0 spiro atoms. The minimum atomic E-state index is -1.20. The third-order valence-electron chi connectivity index (χ3n) is 4.31. The molecule has 0 radical (unpaired) electrons. The van der Waals surface area contributed by atoms with Gasteiger partial charge in [-0.05, 0) is 36.2 Å². The smallest absolute Gasteiger partial charge is 0.181 e. The monoisotopic (exact) mass is 386 g/mol. The Morgan fingerprint density at radius 3 is 2.11 bits per heavy atom. The number of rotatable bonds is 8. The first-order valence-electron chi connectivity index (χ1n) is 8.48. The van der Waals surface area contributed by atoms with Crippen LogP contribution in [-0.2, 0) is 0 Å². The third-order valence-corrected chi connectivity index (χ3v) is 5.33. The number of benzene rings is 2. The maximum atomic E-state index is 10.3. The van der Waals surface area contributed by atoms with Crippen molar-refractivity contribution in [2.75, 3.05) is 13.2 Å². The normalized spacial score (nSPS) is 12.9. The largest absolute Gasteiger partial charge is 0.451 e. The second-order valence-electron chi connectivity index (χ2n) is 6.47. The summed E-state index contributed by atoms with van der Waals surface area (Å²) in [5.74, 6) is 0. The van der Waals surface area contributed by atoms with Crippen LogP contribution in [-0.4, -0.2) is 39.1 Å². The van der Waals surface area contributed by atoms with Gasteiger partial charge in [0.05, 0.1) is 24.9 Å². The van der Waals surface area contributed by atoms with E-state index >= 15 is 0 Å². The van der Waals surface area contributed by atoms with Crippen LogP contribution in [0.4, 0.5) is 0 Å². The summed E-state index contributed by atoms with van der Waals surface area (Å²) < 4.78 is 5.00. The molecule has 0 amide bonds. The molecule has 3 rings (SSSR count). The van der Waals surface area contributed by atoms with Crippen molar-refractivity contribution >= 4 is 11.8 Å². The molecule has 0 aliphatic heterocycles. The van der Waals surface area contributed by atoms with Gasteiger partial charge in [0.1, 0.15) is 12.0 Å². The first-order chi connectivity index (χ1) is 13.0. The average Bonchev–Trinajstić information content (AvgIpc) is 3.24. The summed E-state index contributed by atoms with van der Waals surface area (Å²) in [4.78, 5) is 6.24. The van der Waals surface area contributed by atoms with E-state index in [1.54, 1.807) is 18.0 Å². The Morgan fingerprint density at radius 1 is 1.00 bits per heavy atom. The highest BCUT2D eigenvalue weighted by atomic mass is 32.2. The van der Waals surface area contributed by atoms with Crippen molar-refractivity contribution < 1.29 is 19.7 Å². The number of hydrogen-bond donors (Lipinski definition) is 4. The fraction of sp³-hybridized carbons (Fsp3) is 0.250. The van der Waals surface area contributed by atoms with E-state index in [9.17, 15) is 15.3 Å². The Labute approximate surface area is 161 Å². The van der Waals surface area contributed by atoms with Crippen LogP contribution in [0.1, 0.15) is 18.1 Å². The van der Waals surface area contributed by atoms with Gasteiger partial charge in [-0.15, -0.1) is 0 Å². The van der Waals surface area contributed by atoms with Gasteiger partial charge in [0, 0.05) is 15.4 Å². The van der Waals surface area contributed by atoms with E-state index in [1.165, 1.54) is 6.39 Å². The van der Waals surface area contributed by atoms with Gasteiger partial charge in [0.25, 0.3) is 0 Å². The van der Waals surface area contributed by atoms with Crippen LogP contribution in [0.5, 0.6) is 0 Å². The van der Waals surface area contributed by atoms with Gasteiger partial charge in [-0.2, -0.15) is 0 Å². The van der Waals surface area contributed by atoms with Gasteiger partial charge in [-0.25, -0.2) is 4.98 Å². The average molecular weight is 386 g/mol. The molecule has 0 fully saturated rings. The van der Waals surface area contributed by atoms with Gasteiger partial charge in [-0.1, -0.05) is 36.0 Å². The predicted octanol–water partition coefficient (Wildman–Crippen LogP) is 2.60. The summed E-state index contributed by atoms with van der Waals surface area (Å²) in [5.41, 5.74) is 7.12. The molecule has 0 aliphatic carbocycles. The molecule has 6 nitrogen and oxygen atoms in total. The standard InChI is InChI=1S/C20H22N2O4S/c21-20(11-23,12-24)9-19(25)15-3-7-17(8-4-15)27-16-5-1-14(2-6-16)18-10-26-13-22-18/h1-8,10,13,19,23-25H,9,11-12,21H2. The summed E-state index contributed by atoms with van der Waals surface area (Å²) in [6.45, 7) is -0.780. The minimum absolute atomic E-state index is 0.0794. The molecule has 1 aromatic heterocycles. The van der Waals surface area contributed by atoms with Crippen LogP contribution in [0.15, 0.2) is 75.4 Å². The van der Waals surface area contributed by atoms with E-state index in [2.05, 4.69) is 4.98 Å². The Balaban J connectivity index is 1.63. The van der Waals surface area contributed by atoms with Crippen LogP contribution in [0.3, 0.4) is 0 Å². The van der Waals surface area contributed by atoms with E-state index in [4.69, 9.17) is 10.2 Å². The molecule has 0 bridgehead atoms. The Morgan fingerprint density at radius 2 is 1.59 bits per heavy atom. The van der Waals surface area contributed by atoms with Gasteiger partial charge in [0.2, 0.25) is 0 Å². The lowest BCUT2D eigenvalue weighted by molar-refractivity contribution is 0.0618. The summed E-state index contributed by atoms with van der Waals surface area (Å²) in [5, 5.41) is 28.8. The second kappa shape index (κ2) is 8.69. The van der Waals surface area contributed by atoms with Gasteiger partial charge < -0.3 is 25.5 Å². The number of nitrogens with zero attached hydrogens (tertiary/aromatic N) is 1. The van der Waals surface area contributed by atoms with Gasteiger partial charge >= 0.3 is 0 Å². The fourth-order valence-corrected chi connectivity index (χ4v) is 3.44. The van der Waals surface area contributed by atoms with Crippen LogP contribution in [0, 0.1) is 0 Å². The highest BCUT2D eigenvalue weighted by Gasteiger charge is 2.27. The summed E-state index contributed by atoms with van der Waals surface area (Å²) in [6, 6.07) is 15.5.